The number of hydrogen-bond donors (Lipinski definition) is 2. The van der Waals surface area contributed by atoms with E-state index >= 15 is 0 Å². The topological polar surface area (TPSA) is 79.8 Å². The summed E-state index contributed by atoms with van der Waals surface area (Å²) in [5.74, 6) is -0.0734. The smallest absolute Gasteiger partial charge is 0.325 e. The van der Waals surface area contributed by atoms with Gasteiger partial charge in [-0.2, -0.15) is 0 Å². The number of aromatic amines is 1. The number of amides is 1. The van der Waals surface area contributed by atoms with Gasteiger partial charge in [-0.1, -0.05) is 17.8 Å². The SMILES string of the molecule is C[C@H](Sc1n[nH]c(=O)n1C1CC1)C(=O)Nc1ccc2c(c1)CCC2. The van der Waals surface area contributed by atoms with Crippen LogP contribution in [0.25, 0.3) is 0 Å². The number of hydrogen-bond acceptors (Lipinski definition) is 4. The van der Waals surface area contributed by atoms with E-state index in [0.29, 0.717) is 5.16 Å². The first kappa shape index (κ1) is 15.5. The number of carbonyl (C=O) groups excluding carboxylic acids is 1. The molecule has 2 N–H and O–H groups in total. The van der Waals surface area contributed by atoms with Gasteiger partial charge < -0.3 is 5.32 Å². The van der Waals surface area contributed by atoms with E-state index in [1.165, 1.54) is 29.3 Å². The molecule has 1 aromatic carbocycles. The Balaban J connectivity index is 1.44. The fraction of sp³-hybridized carbons (Fsp3) is 0.471. The number of benzene rings is 1. The predicted molar refractivity (Wildman–Crippen MR) is 93.5 cm³/mol. The highest BCUT2D eigenvalue weighted by molar-refractivity contribution is 8.00. The normalized spacial score (nSPS) is 17.5. The Morgan fingerprint density at radius 3 is 2.96 bits per heavy atom. The number of nitrogens with one attached hydrogen (secondary N) is 2. The molecule has 0 radical (unpaired) electrons. The average molecular weight is 344 g/mol. The molecule has 1 fully saturated rings. The van der Waals surface area contributed by atoms with Crippen molar-refractivity contribution in [3.63, 3.8) is 0 Å². The Kier molecular flexibility index (Phi) is 3.96. The molecule has 2 aromatic rings. The Hall–Kier alpha value is -2.02. The van der Waals surface area contributed by atoms with Gasteiger partial charge in [0.15, 0.2) is 5.16 Å². The number of rotatable bonds is 5. The third kappa shape index (κ3) is 3.00. The minimum atomic E-state index is -0.328. The van der Waals surface area contributed by atoms with Gasteiger partial charge in [-0.15, -0.1) is 5.10 Å². The molecule has 0 unspecified atom stereocenters. The fourth-order valence-corrected chi connectivity index (χ4v) is 4.06. The fourth-order valence-electron chi connectivity index (χ4n) is 3.13. The third-order valence-corrected chi connectivity index (χ3v) is 5.67. The Bertz CT molecular complexity index is 837. The molecule has 126 valence electrons. The maximum absolute atomic E-state index is 12.5. The van der Waals surface area contributed by atoms with Gasteiger partial charge in [0.05, 0.1) is 5.25 Å². The van der Waals surface area contributed by atoms with Crippen molar-refractivity contribution in [2.75, 3.05) is 5.32 Å². The lowest BCUT2D eigenvalue weighted by Gasteiger charge is -2.13. The van der Waals surface area contributed by atoms with Gasteiger partial charge in [0.25, 0.3) is 0 Å². The minimum Gasteiger partial charge on any atom is -0.325 e. The molecule has 1 saturated carbocycles. The van der Waals surface area contributed by atoms with Crippen LogP contribution in [0.2, 0.25) is 0 Å². The molecule has 1 amide bonds. The highest BCUT2D eigenvalue weighted by Gasteiger charge is 2.30. The van der Waals surface area contributed by atoms with Crippen molar-refractivity contribution in [3.8, 4) is 0 Å². The Morgan fingerprint density at radius 2 is 2.17 bits per heavy atom. The van der Waals surface area contributed by atoms with Crippen LogP contribution in [0.1, 0.15) is 43.4 Å². The molecule has 4 rings (SSSR count). The third-order valence-electron chi connectivity index (χ3n) is 4.60. The van der Waals surface area contributed by atoms with E-state index in [-0.39, 0.29) is 22.9 Å². The van der Waals surface area contributed by atoms with Crippen LogP contribution in [0.4, 0.5) is 5.69 Å². The van der Waals surface area contributed by atoms with Crippen LogP contribution >= 0.6 is 11.8 Å². The first-order chi connectivity index (χ1) is 11.6. The lowest BCUT2D eigenvalue weighted by molar-refractivity contribution is -0.115. The summed E-state index contributed by atoms with van der Waals surface area (Å²) in [6.45, 7) is 1.84. The molecule has 7 heteroatoms. The van der Waals surface area contributed by atoms with Gasteiger partial charge in [-0.25, -0.2) is 9.89 Å². The average Bonchev–Trinajstić information content (AvgIpc) is 3.17. The van der Waals surface area contributed by atoms with Gasteiger partial charge in [0.2, 0.25) is 5.91 Å². The van der Waals surface area contributed by atoms with E-state index in [1.807, 2.05) is 13.0 Å². The number of H-pyrrole nitrogens is 1. The first-order valence-electron chi connectivity index (χ1n) is 8.38. The van der Waals surface area contributed by atoms with Crippen molar-refractivity contribution >= 4 is 23.4 Å². The number of thioether (sulfide) groups is 1. The van der Waals surface area contributed by atoms with Crippen LogP contribution < -0.4 is 11.0 Å². The number of anilines is 1. The maximum Gasteiger partial charge on any atom is 0.344 e. The molecule has 1 aromatic heterocycles. The molecule has 1 heterocycles. The summed E-state index contributed by atoms with van der Waals surface area (Å²) in [4.78, 5) is 24.3. The van der Waals surface area contributed by atoms with Gasteiger partial charge in [0, 0.05) is 11.7 Å². The lowest BCUT2D eigenvalue weighted by Crippen LogP contribution is -2.23. The monoisotopic (exact) mass is 344 g/mol. The summed E-state index contributed by atoms with van der Waals surface area (Å²) < 4.78 is 1.67. The van der Waals surface area contributed by atoms with E-state index in [4.69, 9.17) is 0 Å². The number of aromatic nitrogens is 3. The zero-order valence-corrected chi connectivity index (χ0v) is 14.4. The molecule has 2 aliphatic carbocycles. The number of fused-ring (bicyclic) bond motifs is 1. The molecule has 24 heavy (non-hydrogen) atoms. The van der Waals surface area contributed by atoms with Gasteiger partial charge in [0.1, 0.15) is 0 Å². The zero-order chi connectivity index (χ0) is 16.7. The van der Waals surface area contributed by atoms with Crippen molar-refractivity contribution in [2.45, 2.75) is 55.5 Å². The summed E-state index contributed by atoms with van der Waals surface area (Å²) in [5.41, 5.74) is 3.38. The minimum absolute atomic E-state index is 0.0734. The van der Waals surface area contributed by atoms with Crippen LogP contribution in [0.15, 0.2) is 28.2 Å². The maximum atomic E-state index is 12.5. The predicted octanol–water partition coefficient (Wildman–Crippen LogP) is 2.51. The van der Waals surface area contributed by atoms with Crippen molar-refractivity contribution < 1.29 is 4.79 Å². The molecule has 1 atom stereocenters. The van der Waals surface area contributed by atoms with Crippen molar-refractivity contribution in [1.82, 2.24) is 14.8 Å². The van der Waals surface area contributed by atoms with Crippen LogP contribution in [-0.4, -0.2) is 25.9 Å². The second-order valence-electron chi connectivity index (χ2n) is 6.50. The summed E-state index contributed by atoms with van der Waals surface area (Å²) in [7, 11) is 0. The molecule has 2 aliphatic rings. The molecular weight excluding hydrogens is 324 g/mol. The second-order valence-corrected chi connectivity index (χ2v) is 7.81. The highest BCUT2D eigenvalue weighted by Crippen LogP contribution is 2.36. The molecular formula is C17H20N4O2S. The molecule has 6 nitrogen and oxygen atoms in total. The highest BCUT2D eigenvalue weighted by atomic mass is 32.2. The van der Waals surface area contributed by atoms with Crippen molar-refractivity contribution in [2.24, 2.45) is 0 Å². The summed E-state index contributed by atoms with van der Waals surface area (Å²) in [5, 5.41) is 9.79. The van der Waals surface area contributed by atoms with Crippen molar-refractivity contribution in [3.05, 3.63) is 39.8 Å². The quantitative estimate of drug-likeness (QED) is 0.817. The van der Waals surface area contributed by atoms with Crippen LogP contribution in [-0.2, 0) is 17.6 Å². The van der Waals surface area contributed by atoms with Crippen LogP contribution in [0.3, 0.4) is 0 Å². The van der Waals surface area contributed by atoms with E-state index in [0.717, 1.165) is 31.4 Å². The summed E-state index contributed by atoms with van der Waals surface area (Å²) in [6.07, 6.45) is 5.42. The first-order valence-corrected chi connectivity index (χ1v) is 9.26. The van der Waals surface area contributed by atoms with Gasteiger partial charge >= 0.3 is 5.69 Å². The molecule has 0 spiro atoms. The molecule has 0 aliphatic heterocycles. The van der Waals surface area contributed by atoms with Gasteiger partial charge in [-0.05, 0) is 62.3 Å². The number of nitrogens with zero attached hydrogens (tertiary/aromatic N) is 2. The van der Waals surface area contributed by atoms with Crippen LogP contribution in [0, 0.1) is 0 Å². The van der Waals surface area contributed by atoms with Crippen molar-refractivity contribution in [1.29, 1.82) is 0 Å². The van der Waals surface area contributed by atoms with E-state index in [2.05, 4.69) is 27.6 Å². The standard InChI is InChI=1S/C17H20N4O2S/c1-10(24-17-20-19-16(23)21(17)14-7-8-14)15(22)18-13-6-5-11-3-2-4-12(11)9-13/h5-6,9-10,14H,2-4,7-8H2,1H3,(H,18,22)(H,19,23)/t10-/m0/s1. The summed E-state index contributed by atoms with van der Waals surface area (Å²) in [6, 6.07) is 6.39. The summed E-state index contributed by atoms with van der Waals surface area (Å²) >= 11 is 1.32. The zero-order valence-electron chi connectivity index (χ0n) is 13.5. The second kappa shape index (κ2) is 6.12. The van der Waals surface area contributed by atoms with E-state index in [9.17, 15) is 9.59 Å². The molecule has 0 bridgehead atoms. The Morgan fingerprint density at radius 1 is 1.38 bits per heavy atom. The van der Waals surface area contributed by atoms with Crippen LogP contribution in [0.5, 0.6) is 0 Å². The Labute approximate surface area is 144 Å². The number of aryl methyl sites for hydroxylation is 2. The van der Waals surface area contributed by atoms with E-state index < -0.39 is 0 Å². The molecule has 0 saturated heterocycles. The largest absolute Gasteiger partial charge is 0.344 e. The number of carbonyl (C=O) groups is 1. The van der Waals surface area contributed by atoms with E-state index in [1.54, 1.807) is 4.57 Å². The lowest BCUT2D eigenvalue weighted by atomic mass is 10.1. The van der Waals surface area contributed by atoms with Gasteiger partial charge in [-0.3, -0.25) is 9.36 Å².